The van der Waals surface area contributed by atoms with Crippen molar-refractivity contribution in [2.45, 2.75) is 51.4 Å². The van der Waals surface area contributed by atoms with Crippen LogP contribution in [0, 0.1) is 6.92 Å². The number of aromatic nitrogens is 3. The zero-order valence-electron chi connectivity index (χ0n) is 15.2. The Hall–Kier alpha value is -2.08. The van der Waals surface area contributed by atoms with E-state index < -0.39 is 0 Å². The van der Waals surface area contributed by atoms with Crippen LogP contribution in [0.2, 0.25) is 0 Å². The van der Waals surface area contributed by atoms with E-state index in [0.29, 0.717) is 12.3 Å². The van der Waals surface area contributed by atoms with Gasteiger partial charge in [0.25, 0.3) is 0 Å². The van der Waals surface area contributed by atoms with Gasteiger partial charge in [0, 0.05) is 18.2 Å². The van der Waals surface area contributed by atoms with Gasteiger partial charge in [-0.2, -0.15) is 0 Å². The van der Waals surface area contributed by atoms with Crippen LogP contribution in [0.1, 0.15) is 32.3 Å². The van der Waals surface area contributed by atoms with Crippen LogP contribution in [0.25, 0.3) is 11.4 Å². The molecule has 0 unspecified atom stereocenters. The summed E-state index contributed by atoms with van der Waals surface area (Å²) < 4.78 is 2.00. The third-order valence-electron chi connectivity index (χ3n) is 3.77. The van der Waals surface area contributed by atoms with Crippen LogP contribution in [-0.2, 0) is 11.3 Å². The second-order valence-corrected chi connectivity index (χ2v) is 7.06. The van der Waals surface area contributed by atoms with Gasteiger partial charge in [-0.3, -0.25) is 9.36 Å². The first-order valence-electron chi connectivity index (χ1n) is 8.58. The van der Waals surface area contributed by atoms with Gasteiger partial charge in [0.1, 0.15) is 0 Å². The molecule has 1 aromatic heterocycles. The Labute approximate surface area is 153 Å². The molecule has 0 saturated heterocycles. The lowest BCUT2D eigenvalue weighted by Gasteiger charge is -2.12. The molecule has 0 radical (unpaired) electrons. The predicted octanol–water partition coefficient (Wildman–Crippen LogP) is 3.84. The lowest BCUT2D eigenvalue weighted by molar-refractivity contribution is -0.119. The predicted molar refractivity (Wildman–Crippen MR) is 104 cm³/mol. The molecule has 0 fully saturated rings. The fourth-order valence-corrected chi connectivity index (χ4v) is 3.40. The Morgan fingerprint density at radius 3 is 2.92 bits per heavy atom. The lowest BCUT2D eigenvalue weighted by Crippen LogP contribution is -2.33. The normalized spacial score (nSPS) is 12.0. The van der Waals surface area contributed by atoms with Gasteiger partial charge in [0.15, 0.2) is 11.0 Å². The first-order chi connectivity index (χ1) is 12.0. The Bertz CT molecular complexity index is 726. The summed E-state index contributed by atoms with van der Waals surface area (Å²) in [5, 5.41) is 12.3. The van der Waals surface area contributed by atoms with Crippen molar-refractivity contribution in [2.24, 2.45) is 0 Å². The van der Waals surface area contributed by atoms with Gasteiger partial charge in [0.05, 0.1) is 5.75 Å². The highest BCUT2D eigenvalue weighted by Crippen LogP contribution is 2.24. The second kappa shape index (κ2) is 9.42. The summed E-state index contributed by atoms with van der Waals surface area (Å²) in [5.74, 6) is 1.15. The van der Waals surface area contributed by atoms with Crippen LogP contribution in [0.3, 0.4) is 0 Å². The summed E-state index contributed by atoms with van der Waals surface area (Å²) >= 11 is 1.40. The molecule has 1 aromatic carbocycles. The monoisotopic (exact) mass is 358 g/mol. The maximum absolute atomic E-state index is 12.1. The molecule has 2 rings (SSSR count). The zero-order chi connectivity index (χ0) is 18.2. The van der Waals surface area contributed by atoms with E-state index in [9.17, 15) is 4.79 Å². The molecule has 0 spiro atoms. The Kier molecular flexibility index (Phi) is 7.25. The minimum absolute atomic E-state index is 0.0243. The molecule has 0 aliphatic heterocycles. The SMILES string of the molecule is C=CCn1c(SCC(=O)N[C@@H](C)CCC)nnc1-c1cccc(C)c1. The van der Waals surface area contributed by atoms with Gasteiger partial charge in [-0.25, -0.2) is 0 Å². The van der Waals surface area contributed by atoms with Crippen molar-refractivity contribution < 1.29 is 4.79 Å². The Balaban J connectivity index is 2.11. The van der Waals surface area contributed by atoms with Gasteiger partial charge in [-0.05, 0) is 26.3 Å². The number of allylic oxidation sites excluding steroid dienone is 1. The van der Waals surface area contributed by atoms with Crippen molar-refractivity contribution in [3.8, 4) is 11.4 Å². The first-order valence-corrected chi connectivity index (χ1v) is 9.57. The van der Waals surface area contributed by atoms with Gasteiger partial charge >= 0.3 is 0 Å². The van der Waals surface area contributed by atoms with Crippen LogP contribution in [0.5, 0.6) is 0 Å². The fraction of sp³-hybridized carbons (Fsp3) is 0.421. The number of carbonyl (C=O) groups is 1. The van der Waals surface area contributed by atoms with Crippen molar-refractivity contribution in [3.05, 3.63) is 42.5 Å². The smallest absolute Gasteiger partial charge is 0.230 e. The molecule has 25 heavy (non-hydrogen) atoms. The van der Waals surface area contributed by atoms with Crippen LogP contribution < -0.4 is 5.32 Å². The molecule has 1 N–H and O–H groups in total. The maximum atomic E-state index is 12.1. The van der Waals surface area contributed by atoms with Crippen LogP contribution in [0.15, 0.2) is 42.1 Å². The number of nitrogens with zero attached hydrogens (tertiary/aromatic N) is 3. The third kappa shape index (κ3) is 5.46. The molecule has 0 bridgehead atoms. The number of benzene rings is 1. The Morgan fingerprint density at radius 1 is 1.44 bits per heavy atom. The molecule has 0 saturated carbocycles. The number of thioether (sulfide) groups is 1. The minimum atomic E-state index is 0.0243. The van der Waals surface area contributed by atoms with E-state index in [2.05, 4.69) is 48.1 Å². The lowest BCUT2D eigenvalue weighted by atomic mass is 10.1. The van der Waals surface area contributed by atoms with Crippen LogP contribution in [-0.4, -0.2) is 32.5 Å². The summed E-state index contributed by atoms with van der Waals surface area (Å²) in [7, 11) is 0. The summed E-state index contributed by atoms with van der Waals surface area (Å²) in [6.07, 6.45) is 3.86. The minimum Gasteiger partial charge on any atom is -0.353 e. The van der Waals surface area contributed by atoms with E-state index in [1.165, 1.54) is 17.3 Å². The van der Waals surface area contributed by atoms with E-state index in [1.54, 1.807) is 0 Å². The number of nitrogens with one attached hydrogen (secondary N) is 1. The van der Waals surface area contributed by atoms with E-state index in [1.807, 2.05) is 29.7 Å². The largest absolute Gasteiger partial charge is 0.353 e. The van der Waals surface area contributed by atoms with Crippen LogP contribution >= 0.6 is 11.8 Å². The number of amides is 1. The molecule has 0 aliphatic carbocycles. The van der Waals surface area contributed by atoms with E-state index >= 15 is 0 Å². The summed E-state index contributed by atoms with van der Waals surface area (Å²) in [5.41, 5.74) is 2.19. The van der Waals surface area contributed by atoms with E-state index in [4.69, 9.17) is 0 Å². The third-order valence-corrected chi connectivity index (χ3v) is 4.73. The molecule has 134 valence electrons. The van der Waals surface area contributed by atoms with Crippen molar-refractivity contribution >= 4 is 17.7 Å². The van der Waals surface area contributed by atoms with Crippen molar-refractivity contribution in [1.29, 1.82) is 0 Å². The molecule has 1 atom stereocenters. The summed E-state index contributed by atoms with van der Waals surface area (Å²) in [4.78, 5) is 12.1. The van der Waals surface area contributed by atoms with Gasteiger partial charge < -0.3 is 5.32 Å². The maximum Gasteiger partial charge on any atom is 0.230 e. The van der Waals surface area contributed by atoms with Crippen molar-refractivity contribution in [1.82, 2.24) is 20.1 Å². The van der Waals surface area contributed by atoms with Gasteiger partial charge in [0.2, 0.25) is 5.91 Å². The van der Waals surface area contributed by atoms with E-state index in [-0.39, 0.29) is 11.9 Å². The summed E-state index contributed by atoms with van der Waals surface area (Å²) in [6.45, 7) is 10.6. The highest BCUT2D eigenvalue weighted by molar-refractivity contribution is 7.99. The molecule has 5 nitrogen and oxygen atoms in total. The standard InChI is InChI=1S/C19H26N4OS/c1-5-8-15(4)20-17(24)13-25-19-22-21-18(23(19)11-6-2)16-10-7-9-14(3)12-16/h6-7,9-10,12,15H,2,5,8,11,13H2,1,3-4H3,(H,20,24)/t15-/m0/s1. The number of carbonyl (C=O) groups excluding carboxylic acids is 1. The van der Waals surface area contributed by atoms with Crippen molar-refractivity contribution in [3.63, 3.8) is 0 Å². The average molecular weight is 359 g/mol. The molecule has 6 heteroatoms. The van der Waals surface area contributed by atoms with Crippen LogP contribution in [0.4, 0.5) is 0 Å². The zero-order valence-corrected chi connectivity index (χ0v) is 16.0. The summed E-state index contributed by atoms with van der Waals surface area (Å²) in [6, 6.07) is 8.36. The Morgan fingerprint density at radius 2 is 2.24 bits per heavy atom. The highest BCUT2D eigenvalue weighted by atomic mass is 32.2. The fourth-order valence-electron chi connectivity index (χ4n) is 2.64. The quantitative estimate of drug-likeness (QED) is 0.546. The molecular weight excluding hydrogens is 332 g/mol. The number of rotatable bonds is 9. The number of hydrogen-bond donors (Lipinski definition) is 1. The second-order valence-electron chi connectivity index (χ2n) is 6.12. The average Bonchev–Trinajstić information content (AvgIpc) is 2.96. The molecule has 2 aromatic rings. The van der Waals surface area contributed by atoms with Crippen molar-refractivity contribution in [2.75, 3.05) is 5.75 Å². The number of aryl methyl sites for hydroxylation is 1. The number of hydrogen-bond acceptors (Lipinski definition) is 4. The molecule has 0 aliphatic rings. The van der Waals surface area contributed by atoms with E-state index in [0.717, 1.165) is 29.4 Å². The van der Waals surface area contributed by atoms with Gasteiger partial charge in [-0.1, -0.05) is 54.9 Å². The molecule has 1 heterocycles. The first kappa shape index (κ1) is 19.2. The highest BCUT2D eigenvalue weighted by Gasteiger charge is 2.15. The molecule has 1 amide bonds. The topological polar surface area (TPSA) is 59.8 Å². The molecular formula is C19H26N4OS. The van der Waals surface area contributed by atoms with Gasteiger partial charge in [-0.15, -0.1) is 16.8 Å².